The summed E-state index contributed by atoms with van der Waals surface area (Å²) in [5, 5.41) is 4.85. The van der Waals surface area contributed by atoms with Crippen LogP contribution in [0.1, 0.15) is 17.4 Å². The van der Waals surface area contributed by atoms with Crippen LogP contribution >= 0.6 is 0 Å². The van der Waals surface area contributed by atoms with Gasteiger partial charge >= 0.3 is 0 Å². The molecule has 1 amide bonds. The lowest BCUT2D eigenvalue weighted by Gasteiger charge is -2.35. The molecule has 0 unspecified atom stereocenters. The second-order valence-electron chi connectivity index (χ2n) is 6.77. The number of rotatable bonds is 3. The van der Waals surface area contributed by atoms with E-state index < -0.39 is 0 Å². The van der Waals surface area contributed by atoms with E-state index in [0.717, 1.165) is 11.2 Å². The van der Waals surface area contributed by atoms with Crippen molar-refractivity contribution in [3.8, 4) is 0 Å². The molecule has 1 fully saturated rings. The van der Waals surface area contributed by atoms with E-state index >= 15 is 0 Å². The van der Waals surface area contributed by atoms with Gasteiger partial charge in [0.15, 0.2) is 5.69 Å². The van der Waals surface area contributed by atoms with Gasteiger partial charge in [0.25, 0.3) is 5.91 Å². The Balaban J connectivity index is 1.57. The van der Waals surface area contributed by atoms with E-state index in [4.69, 9.17) is 0 Å². The Morgan fingerprint density at radius 3 is 2.39 bits per heavy atom. The minimum atomic E-state index is -0.336. The van der Waals surface area contributed by atoms with Gasteiger partial charge in [0.2, 0.25) is 5.43 Å². The molecular formula is C21H21FN4O2. The minimum absolute atomic E-state index is 0.0317. The van der Waals surface area contributed by atoms with E-state index in [0.29, 0.717) is 38.1 Å². The van der Waals surface area contributed by atoms with Crippen molar-refractivity contribution in [3.63, 3.8) is 0 Å². The summed E-state index contributed by atoms with van der Waals surface area (Å²) in [7, 11) is 0. The van der Waals surface area contributed by atoms with Crippen LogP contribution in [0.3, 0.4) is 0 Å². The molecule has 0 atom stereocenters. The predicted molar refractivity (Wildman–Crippen MR) is 106 cm³/mol. The first-order chi connectivity index (χ1) is 13.6. The predicted octanol–water partition coefficient (Wildman–Crippen LogP) is 2.52. The van der Waals surface area contributed by atoms with Crippen molar-refractivity contribution >= 4 is 22.5 Å². The Kier molecular flexibility index (Phi) is 4.81. The van der Waals surface area contributed by atoms with E-state index in [9.17, 15) is 14.0 Å². The van der Waals surface area contributed by atoms with Crippen LogP contribution in [0.4, 0.5) is 10.1 Å². The number of hydrogen-bond donors (Lipinski definition) is 0. The Hall–Kier alpha value is -3.22. The molecule has 144 valence electrons. The van der Waals surface area contributed by atoms with Crippen LogP contribution in [0.5, 0.6) is 0 Å². The fraction of sp³-hybridized carbons (Fsp3) is 0.286. The van der Waals surface area contributed by atoms with Gasteiger partial charge in [-0.1, -0.05) is 12.1 Å². The first kappa shape index (κ1) is 18.2. The van der Waals surface area contributed by atoms with E-state index in [2.05, 4.69) is 10.00 Å². The van der Waals surface area contributed by atoms with E-state index in [1.54, 1.807) is 33.8 Å². The summed E-state index contributed by atoms with van der Waals surface area (Å²) in [6, 6.07) is 13.5. The summed E-state index contributed by atoms with van der Waals surface area (Å²) in [6.07, 6.45) is 0. The van der Waals surface area contributed by atoms with E-state index in [1.165, 1.54) is 12.1 Å². The fourth-order valence-electron chi connectivity index (χ4n) is 3.59. The highest BCUT2D eigenvalue weighted by Gasteiger charge is 2.26. The number of fused-ring (bicyclic) bond motifs is 1. The van der Waals surface area contributed by atoms with Crippen molar-refractivity contribution in [3.05, 3.63) is 70.3 Å². The smallest absolute Gasteiger partial charge is 0.278 e. The number of piperazine rings is 1. The molecular weight excluding hydrogens is 359 g/mol. The largest absolute Gasteiger partial charge is 0.368 e. The Labute approximate surface area is 161 Å². The first-order valence-electron chi connectivity index (χ1n) is 9.38. The molecule has 7 heteroatoms. The molecule has 4 rings (SSSR count). The number of aryl methyl sites for hydroxylation is 1. The lowest BCUT2D eigenvalue weighted by molar-refractivity contribution is 0.0737. The standard InChI is InChI=1S/C21H21FN4O2/c1-2-26-18-6-4-3-5-17(18)20(27)19(23-26)21(28)25-13-11-24(12-14-25)16-9-7-15(22)8-10-16/h3-10H,2,11-14H2,1H3. The van der Waals surface area contributed by atoms with Gasteiger partial charge in [-0.3, -0.25) is 14.3 Å². The number of halogens is 1. The summed E-state index contributed by atoms with van der Waals surface area (Å²) < 4.78 is 14.8. The quantitative estimate of drug-likeness (QED) is 0.701. The summed E-state index contributed by atoms with van der Waals surface area (Å²) >= 11 is 0. The van der Waals surface area contributed by atoms with Gasteiger partial charge in [0.1, 0.15) is 5.82 Å². The molecule has 0 aliphatic carbocycles. The second-order valence-corrected chi connectivity index (χ2v) is 6.77. The number of carbonyl (C=O) groups is 1. The Morgan fingerprint density at radius 2 is 1.71 bits per heavy atom. The van der Waals surface area contributed by atoms with Crippen LogP contribution in [-0.4, -0.2) is 46.8 Å². The van der Waals surface area contributed by atoms with Crippen molar-refractivity contribution in [1.82, 2.24) is 14.7 Å². The molecule has 0 bridgehead atoms. The van der Waals surface area contributed by atoms with Gasteiger partial charge in [-0.05, 0) is 43.3 Å². The summed E-state index contributed by atoms with van der Waals surface area (Å²) in [4.78, 5) is 29.6. The number of anilines is 1. The topological polar surface area (TPSA) is 58.4 Å². The maximum Gasteiger partial charge on any atom is 0.278 e. The highest BCUT2D eigenvalue weighted by molar-refractivity contribution is 5.95. The van der Waals surface area contributed by atoms with Crippen LogP contribution in [0, 0.1) is 5.82 Å². The molecule has 3 aromatic rings. The van der Waals surface area contributed by atoms with Gasteiger partial charge in [-0.15, -0.1) is 0 Å². The van der Waals surface area contributed by atoms with Crippen LogP contribution < -0.4 is 10.3 Å². The van der Waals surface area contributed by atoms with Crippen LogP contribution in [0.15, 0.2) is 53.3 Å². The zero-order chi connectivity index (χ0) is 19.7. The number of carbonyl (C=O) groups excluding carboxylic acids is 1. The molecule has 1 aromatic heterocycles. The van der Waals surface area contributed by atoms with Crippen molar-refractivity contribution in [1.29, 1.82) is 0 Å². The van der Waals surface area contributed by atoms with Crippen molar-refractivity contribution in [2.45, 2.75) is 13.5 Å². The van der Waals surface area contributed by atoms with Crippen molar-refractivity contribution < 1.29 is 9.18 Å². The lowest BCUT2D eigenvalue weighted by Crippen LogP contribution is -2.50. The summed E-state index contributed by atoms with van der Waals surface area (Å²) in [5.41, 5.74) is 1.29. The normalized spacial score (nSPS) is 14.5. The maximum atomic E-state index is 13.1. The average Bonchev–Trinajstić information content (AvgIpc) is 2.74. The van der Waals surface area contributed by atoms with Crippen molar-refractivity contribution in [2.24, 2.45) is 0 Å². The van der Waals surface area contributed by atoms with Gasteiger partial charge in [-0.2, -0.15) is 5.10 Å². The minimum Gasteiger partial charge on any atom is -0.368 e. The highest BCUT2D eigenvalue weighted by atomic mass is 19.1. The maximum absolute atomic E-state index is 13.1. The zero-order valence-electron chi connectivity index (χ0n) is 15.6. The third-order valence-electron chi connectivity index (χ3n) is 5.12. The second kappa shape index (κ2) is 7.42. The Morgan fingerprint density at radius 1 is 1.04 bits per heavy atom. The first-order valence-corrected chi connectivity index (χ1v) is 9.38. The fourth-order valence-corrected chi connectivity index (χ4v) is 3.59. The van der Waals surface area contributed by atoms with Crippen LogP contribution in [0.2, 0.25) is 0 Å². The molecule has 2 aromatic carbocycles. The third-order valence-corrected chi connectivity index (χ3v) is 5.12. The van der Waals surface area contributed by atoms with E-state index in [-0.39, 0.29) is 22.8 Å². The molecule has 28 heavy (non-hydrogen) atoms. The SMILES string of the molecule is CCn1nc(C(=O)N2CCN(c3ccc(F)cc3)CC2)c(=O)c2ccccc21. The monoisotopic (exact) mass is 380 g/mol. The molecule has 1 aliphatic heterocycles. The van der Waals surface area contributed by atoms with E-state index in [1.807, 2.05) is 19.1 Å². The molecule has 0 spiro atoms. The molecule has 0 saturated carbocycles. The highest BCUT2D eigenvalue weighted by Crippen LogP contribution is 2.18. The number of benzene rings is 2. The number of para-hydroxylation sites is 1. The molecule has 0 N–H and O–H groups in total. The summed E-state index contributed by atoms with van der Waals surface area (Å²) in [5.74, 6) is -0.608. The molecule has 6 nitrogen and oxygen atoms in total. The molecule has 2 heterocycles. The van der Waals surface area contributed by atoms with Gasteiger partial charge in [-0.25, -0.2) is 4.39 Å². The lowest BCUT2D eigenvalue weighted by atomic mass is 10.1. The van der Waals surface area contributed by atoms with Gasteiger partial charge in [0, 0.05) is 43.8 Å². The third kappa shape index (κ3) is 3.24. The number of nitrogens with zero attached hydrogens (tertiary/aromatic N) is 4. The molecule has 1 saturated heterocycles. The number of aromatic nitrogens is 2. The van der Waals surface area contributed by atoms with Crippen molar-refractivity contribution in [2.75, 3.05) is 31.1 Å². The van der Waals surface area contributed by atoms with Crippen LogP contribution in [-0.2, 0) is 6.54 Å². The van der Waals surface area contributed by atoms with Gasteiger partial charge < -0.3 is 9.80 Å². The molecule has 1 aliphatic rings. The van der Waals surface area contributed by atoms with Gasteiger partial charge in [0.05, 0.1) is 5.52 Å². The number of amides is 1. The number of hydrogen-bond acceptors (Lipinski definition) is 4. The Bertz CT molecular complexity index is 1070. The summed E-state index contributed by atoms with van der Waals surface area (Å²) in [6.45, 7) is 4.70. The van der Waals surface area contributed by atoms with Crippen LogP contribution in [0.25, 0.3) is 10.9 Å². The zero-order valence-corrected chi connectivity index (χ0v) is 15.6. The molecule has 0 radical (unpaired) electrons. The average molecular weight is 380 g/mol.